The van der Waals surface area contributed by atoms with Crippen molar-refractivity contribution in [2.75, 3.05) is 7.11 Å². The van der Waals surface area contributed by atoms with Crippen molar-refractivity contribution in [3.8, 4) is 16.7 Å². The van der Waals surface area contributed by atoms with Crippen LogP contribution < -0.4 is 20.1 Å². The molecule has 2 saturated heterocycles. The SMILES string of the molecule is COc1cc(Oc2ccc(C(=O)NC3CC4CCC3N4)cc2)ns1. The second-order valence-electron chi connectivity index (χ2n) is 6.18. The first-order chi connectivity index (χ1) is 11.7. The minimum atomic E-state index is -0.0313. The summed E-state index contributed by atoms with van der Waals surface area (Å²) in [7, 11) is 1.59. The molecule has 0 radical (unpaired) electrons. The van der Waals surface area contributed by atoms with Crippen molar-refractivity contribution in [3.05, 3.63) is 35.9 Å². The molecule has 2 fully saturated rings. The van der Waals surface area contributed by atoms with Crippen molar-refractivity contribution in [3.63, 3.8) is 0 Å². The molecule has 4 rings (SSSR count). The zero-order chi connectivity index (χ0) is 16.5. The zero-order valence-electron chi connectivity index (χ0n) is 13.3. The molecule has 3 atom stereocenters. The first-order valence-corrected chi connectivity index (χ1v) is 8.84. The van der Waals surface area contributed by atoms with Gasteiger partial charge < -0.3 is 20.1 Å². The van der Waals surface area contributed by atoms with Crippen LogP contribution in [0.2, 0.25) is 0 Å². The Morgan fingerprint density at radius 2 is 2.17 bits per heavy atom. The molecule has 0 saturated carbocycles. The highest BCUT2D eigenvalue weighted by molar-refractivity contribution is 7.07. The molecule has 24 heavy (non-hydrogen) atoms. The van der Waals surface area contributed by atoms with E-state index < -0.39 is 0 Å². The maximum absolute atomic E-state index is 12.4. The van der Waals surface area contributed by atoms with Crippen molar-refractivity contribution in [2.45, 2.75) is 37.4 Å². The fraction of sp³-hybridized carbons (Fsp3) is 0.412. The van der Waals surface area contributed by atoms with E-state index in [-0.39, 0.29) is 11.9 Å². The van der Waals surface area contributed by atoms with Gasteiger partial charge >= 0.3 is 0 Å². The summed E-state index contributed by atoms with van der Waals surface area (Å²) in [4.78, 5) is 12.4. The fourth-order valence-electron chi connectivity index (χ4n) is 3.42. The number of fused-ring (bicyclic) bond motifs is 2. The summed E-state index contributed by atoms with van der Waals surface area (Å²) in [5.41, 5.74) is 0.640. The van der Waals surface area contributed by atoms with Crippen LogP contribution in [0.25, 0.3) is 0 Å². The topological polar surface area (TPSA) is 72.5 Å². The molecule has 3 heterocycles. The van der Waals surface area contributed by atoms with Crippen molar-refractivity contribution in [2.24, 2.45) is 0 Å². The highest BCUT2D eigenvalue weighted by atomic mass is 32.1. The highest BCUT2D eigenvalue weighted by Gasteiger charge is 2.39. The first kappa shape index (κ1) is 15.4. The number of hydrogen-bond acceptors (Lipinski definition) is 6. The molecule has 1 aromatic carbocycles. The van der Waals surface area contributed by atoms with Crippen molar-refractivity contribution >= 4 is 17.4 Å². The predicted molar refractivity (Wildman–Crippen MR) is 91.0 cm³/mol. The van der Waals surface area contributed by atoms with Gasteiger partial charge in [0.2, 0.25) is 5.88 Å². The predicted octanol–water partition coefficient (Wildman–Crippen LogP) is 2.57. The molecule has 6 nitrogen and oxygen atoms in total. The summed E-state index contributed by atoms with van der Waals surface area (Å²) in [6.07, 6.45) is 3.41. The van der Waals surface area contributed by atoms with Gasteiger partial charge in [0.05, 0.1) is 13.2 Å². The second-order valence-corrected chi connectivity index (χ2v) is 6.95. The van der Waals surface area contributed by atoms with Crippen molar-refractivity contribution in [1.29, 1.82) is 0 Å². The Kier molecular flexibility index (Phi) is 4.12. The Bertz CT molecular complexity index is 731. The molecule has 3 unspecified atom stereocenters. The first-order valence-electron chi connectivity index (χ1n) is 8.07. The molecule has 126 valence electrons. The number of ether oxygens (including phenoxy) is 2. The van der Waals surface area contributed by atoms with Crippen LogP contribution in [0.5, 0.6) is 16.7 Å². The summed E-state index contributed by atoms with van der Waals surface area (Å²) in [5, 5.41) is 7.36. The maximum Gasteiger partial charge on any atom is 0.251 e. The normalized spacial score (nSPS) is 24.8. The number of amides is 1. The van der Waals surface area contributed by atoms with E-state index in [1.165, 1.54) is 18.0 Å². The lowest BCUT2D eigenvalue weighted by Crippen LogP contribution is -2.42. The standard InChI is InChI=1S/C17H19N3O3S/c1-22-16-9-15(20-24-16)23-12-5-2-10(3-6-12)17(21)19-14-8-11-4-7-13(14)18-11/h2-3,5-6,9,11,13-14,18H,4,7-8H2,1H3,(H,19,21). The highest BCUT2D eigenvalue weighted by Crippen LogP contribution is 2.29. The van der Waals surface area contributed by atoms with E-state index in [1.807, 2.05) is 0 Å². The number of carbonyl (C=O) groups is 1. The van der Waals surface area contributed by atoms with Gasteiger partial charge in [-0.2, -0.15) is 4.37 Å². The fourth-order valence-corrected chi connectivity index (χ4v) is 3.92. The van der Waals surface area contributed by atoms with Crippen LogP contribution in [0.1, 0.15) is 29.6 Å². The van der Waals surface area contributed by atoms with Crippen molar-refractivity contribution < 1.29 is 14.3 Å². The Morgan fingerprint density at radius 1 is 1.33 bits per heavy atom. The summed E-state index contributed by atoms with van der Waals surface area (Å²) in [5.74, 6) is 1.10. The second kappa shape index (κ2) is 6.41. The number of nitrogens with one attached hydrogen (secondary N) is 2. The number of hydrogen-bond donors (Lipinski definition) is 2. The molecular formula is C17H19N3O3S. The molecular weight excluding hydrogens is 326 g/mol. The van der Waals surface area contributed by atoms with Crippen LogP contribution in [0.3, 0.4) is 0 Å². The number of methoxy groups -OCH3 is 1. The summed E-state index contributed by atoms with van der Waals surface area (Å²) >= 11 is 1.23. The quantitative estimate of drug-likeness (QED) is 0.871. The molecule has 2 aliphatic heterocycles. The van der Waals surface area contributed by atoms with Crippen molar-refractivity contribution in [1.82, 2.24) is 15.0 Å². The summed E-state index contributed by atoms with van der Waals surface area (Å²) < 4.78 is 14.9. The minimum absolute atomic E-state index is 0.0313. The number of aromatic nitrogens is 1. The van der Waals surface area contributed by atoms with Crippen LogP contribution in [0, 0.1) is 0 Å². The lowest BCUT2D eigenvalue weighted by Gasteiger charge is -2.21. The summed E-state index contributed by atoms with van der Waals surface area (Å²) in [6.45, 7) is 0. The third-order valence-electron chi connectivity index (χ3n) is 4.62. The van der Waals surface area contributed by atoms with Gasteiger partial charge in [0.1, 0.15) is 5.75 Å². The molecule has 0 spiro atoms. The molecule has 0 aliphatic carbocycles. The average molecular weight is 345 g/mol. The van der Waals surface area contributed by atoms with Gasteiger partial charge in [-0.05, 0) is 43.5 Å². The van der Waals surface area contributed by atoms with Gasteiger partial charge in [-0.1, -0.05) is 0 Å². The summed E-state index contributed by atoms with van der Waals surface area (Å²) in [6, 6.07) is 10.1. The lowest BCUT2D eigenvalue weighted by molar-refractivity contribution is 0.0931. The van der Waals surface area contributed by atoms with E-state index in [9.17, 15) is 4.79 Å². The number of benzene rings is 1. The Balaban J connectivity index is 1.37. The third-order valence-corrected chi connectivity index (χ3v) is 5.36. The monoisotopic (exact) mass is 345 g/mol. The largest absolute Gasteiger partial charge is 0.486 e. The van der Waals surface area contributed by atoms with Gasteiger partial charge in [0, 0.05) is 35.2 Å². The maximum atomic E-state index is 12.4. The van der Waals surface area contributed by atoms with Crippen LogP contribution in [0.15, 0.2) is 30.3 Å². The molecule has 2 bridgehead atoms. The van der Waals surface area contributed by atoms with Gasteiger partial charge in [-0.25, -0.2) is 0 Å². The number of carbonyl (C=O) groups excluding carboxylic acids is 1. The van der Waals surface area contributed by atoms with Crippen LogP contribution >= 0.6 is 11.5 Å². The van der Waals surface area contributed by atoms with Gasteiger partial charge in [0.25, 0.3) is 5.91 Å². The third kappa shape index (κ3) is 3.09. The van der Waals surface area contributed by atoms with E-state index in [0.29, 0.717) is 34.3 Å². The Morgan fingerprint density at radius 3 is 2.79 bits per heavy atom. The molecule has 2 aromatic rings. The van der Waals surface area contributed by atoms with E-state index in [4.69, 9.17) is 9.47 Å². The number of rotatable bonds is 5. The van der Waals surface area contributed by atoms with Gasteiger partial charge in [0.15, 0.2) is 5.06 Å². The molecule has 1 amide bonds. The van der Waals surface area contributed by atoms with Crippen LogP contribution in [0.4, 0.5) is 0 Å². The van der Waals surface area contributed by atoms with Crippen LogP contribution in [-0.2, 0) is 0 Å². The van der Waals surface area contributed by atoms with Crippen LogP contribution in [-0.4, -0.2) is 35.5 Å². The van der Waals surface area contributed by atoms with E-state index in [2.05, 4.69) is 15.0 Å². The zero-order valence-corrected chi connectivity index (χ0v) is 14.1. The smallest absolute Gasteiger partial charge is 0.251 e. The lowest BCUT2D eigenvalue weighted by atomic mass is 9.95. The molecule has 7 heteroatoms. The average Bonchev–Trinajstić information content (AvgIpc) is 3.32. The molecule has 2 N–H and O–H groups in total. The number of nitrogens with zero attached hydrogens (tertiary/aromatic N) is 1. The van der Waals surface area contributed by atoms with E-state index in [0.717, 1.165) is 12.8 Å². The Hall–Kier alpha value is -2.12. The van der Waals surface area contributed by atoms with Gasteiger partial charge in [-0.3, -0.25) is 4.79 Å². The Labute approximate surface area is 144 Å². The minimum Gasteiger partial charge on any atom is -0.486 e. The molecule has 1 aromatic heterocycles. The van der Waals surface area contributed by atoms with E-state index in [1.54, 1.807) is 37.4 Å². The molecule has 2 aliphatic rings. The van der Waals surface area contributed by atoms with E-state index >= 15 is 0 Å². The van der Waals surface area contributed by atoms with Gasteiger partial charge in [-0.15, -0.1) is 0 Å².